The van der Waals surface area contributed by atoms with Gasteiger partial charge in [0.25, 0.3) is 0 Å². The molecule has 0 unspecified atom stereocenters. The fourth-order valence-electron chi connectivity index (χ4n) is 2.71. The first kappa shape index (κ1) is 16.5. The number of anilines is 1. The van der Waals surface area contributed by atoms with Gasteiger partial charge in [-0.3, -0.25) is 4.79 Å². The average Bonchev–Trinajstić information content (AvgIpc) is 3.02. The maximum absolute atomic E-state index is 12.1. The number of nitrogens with one attached hydrogen (secondary N) is 2. The number of hydrogen-bond donors (Lipinski definition) is 2. The van der Waals surface area contributed by atoms with Crippen LogP contribution < -0.4 is 10.6 Å². The molecule has 1 aliphatic heterocycles. The normalized spacial score (nSPS) is 15.1. The minimum atomic E-state index is 0. The van der Waals surface area contributed by atoms with Gasteiger partial charge in [0.2, 0.25) is 5.91 Å². The monoisotopic (exact) mass is 320 g/mol. The van der Waals surface area contributed by atoms with E-state index in [1.54, 1.807) is 10.9 Å². The molecule has 22 heavy (non-hydrogen) atoms. The van der Waals surface area contributed by atoms with Crippen LogP contribution in [0.5, 0.6) is 0 Å². The number of carbonyl (C=O) groups excluding carboxylic acids is 1. The molecule has 1 fully saturated rings. The molecule has 0 spiro atoms. The third kappa shape index (κ3) is 4.32. The van der Waals surface area contributed by atoms with E-state index in [9.17, 15) is 4.79 Å². The molecule has 2 N–H and O–H groups in total. The van der Waals surface area contributed by atoms with E-state index < -0.39 is 0 Å². The van der Waals surface area contributed by atoms with Crippen molar-refractivity contribution in [1.82, 2.24) is 15.1 Å². The molecule has 0 aliphatic carbocycles. The first-order valence-electron chi connectivity index (χ1n) is 7.42. The minimum Gasteiger partial charge on any atom is -0.326 e. The Morgan fingerprint density at radius 1 is 1.32 bits per heavy atom. The molecule has 118 valence electrons. The standard InChI is InChI=1S/C16H20N4O.ClH/c21-16(11-13-5-8-17-9-6-13)19-14-3-1-4-15(12-14)20-10-2-7-18-20;/h1-4,7,10,12-13,17H,5-6,8-9,11H2,(H,19,21);1H. The molecular formula is C16H21ClN4O. The van der Waals surface area contributed by atoms with Crippen molar-refractivity contribution in [2.45, 2.75) is 19.3 Å². The summed E-state index contributed by atoms with van der Waals surface area (Å²) >= 11 is 0. The summed E-state index contributed by atoms with van der Waals surface area (Å²) < 4.78 is 1.78. The summed E-state index contributed by atoms with van der Waals surface area (Å²) in [6.45, 7) is 2.04. The Morgan fingerprint density at radius 2 is 2.14 bits per heavy atom. The van der Waals surface area contributed by atoms with Gasteiger partial charge >= 0.3 is 0 Å². The molecule has 0 radical (unpaired) electrons. The Morgan fingerprint density at radius 3 is 2.86 bits per heavy atom. The summed E-state index contributed by atoms with van der Waals surface area (Å²) in [4.78, 5) is 12.1. The highest BCUT2D eigenvalue weighted by Crippen LogP contribution is 2.18. The van der Waals surface area contributed by atoms with E-state index in [4.69, 9.17) is 0 Å². The van der Waals surface area contributed by atoms with Crippen LogP contribution in [0.15, 0.2) is 42.7 Å². The number of carbonyl (C=O) groups is 1. The van der Waals surface area contributed by atoms with Gasteiger partial charge in [0, 0.05) is 24.5 Å². The number of rotatable bonds is 4. The van der Waals surface area contributed by atoms with Crippen LogP contribution in [0.3, 0.4) is 0 Å². The van der Waals surface area contributed by atoms with Gasteiger partial charge in [0.1, 0.15) is 0 Å². The molecule has 1 aromatic heterocycles. The van der Waals surface area contributed by atoms with Gasteiger partial charge in [-0.2, -0.15) is 5.10 Å². The third-order valence-corrected chi connectivity index (χ3v) is 3.83. The van der Waals surface area contributed by atoms with Crippen LogP contribution in [-0.4, -0.2) is 28.8 Å². The van der Waals surface area contributed by atoms with Crippen LogP contribution in [0.2, 0.25) is 0 Å². The molecule has 6 heteroatoms. The van der Waals surface area contributed by atoms with Crippen molar-refractivity contribution in [3.05, 3.63) is 42.7 Å². The lowest BCUT2D eigenvalue weighted by atomic mass is 9.94. The number of benzene rings is 1. The van der Waals surface area contributed by atoms with Crippen molar-refractivity contribution >= 4 is 24.0 Å². The van der Waals surface area contributed by atoms with Crippen LogP contribution in [0.4, 0.5) is 5.69 Å². The Balaban J connectivity index is 0.00000176. The van der Waals surface area contributed by atoms with Crippen molar-refractivity contribution < 1.29 is 4.79 Å². The summed E-state index contributed by atoms with van der Waals surface area (Å²) in [7, 11) is 0. The second-order valence-corrected chi connectivity index (χ2v) is 5.45. The predicted molar refractivity (Wildman–Crippen MR) is 89.7 cm³/mol. The van der Waals surface area contributed by atoms with E-state index in [1.807, 2.05) is 36.5 Å². The molecule has 0 saturated carbocycles. The average molecular weight is 321 g/mol. The van der Waals surface area contributed by atoms with E-state index in [0.29, 0.717) is 12.3 Å². The summed E-state index contributed by atoms with van der Waals surface area (Å²) in [6.07, 6.45) is 6.40. The van der Waals surface area contributed by atoms with E-state index in [1.165, 1.54) is 0 Å². The van der Waals surface area contributed by atoms with E-state index in [2.05, 4.69) is 15.7 Å². The van der Waals surface area contributed by atoms with Crippen molar-refractivity contribution in [3.8, 4) is 5.69 Å². The smallest absolute Gasteiger partial charge is 0.224 e. The van der Waals surface area contributed by atoms with Gasteiger partial charge in [-0.15, -0.1) is 12.4 Å². The third-order valence-electron chi connectivity index (χ3n) is 3.83. The number of halogens is 1. The number of aromatic nitrogens is 2. The molecule has 1 aliphatic rings. The quantitative estimate of drug-likeness (QED) is 0.910. The zero-order chi connectivity index (χ0) is 14.5. The minimum absolute atomic E-state index is 0. The molecule has 0 atom stereocenters. The van der Waals surface area contributed by atoms with Gasteiger partial charge in [0.05, 0.1) is 5.69 Å². The lowest BCUT2D eigenvalue weighted by Crippen LogP contribution is -2.30. The SMILES string of the molecule is Cl.O=C(CC1CCNCC1)Nc1cccc(-n2cccn2)c1. The van der Waals surface area contributed by atoms with Gasteiger partial charge in [-0.05, 0) is 56.1 Å². The Labute approximate surface area is 136 Å². The van der Waals surface area contributed by atoms with Crippen LogP contribution in [0.25, 0.3) is 5.69 Å². The summed E-state index contributed by atoms with van der Waals surface area (Å²) in [6, 6.07) is 9.62. The van der Waals surface area contributed by atoms with Crippen molar-refractivity contribution in [2.24, 2.45) is 5.92 Å². The fourth-order valence-corrected chi connectivity index (χ4v) is 2.71. The van der Waals surface area contributed by atoms with Crippen molar-refractivity contribution in [1.29, 1.82) is 0 Å². The zero-order valence-corrected chi connectivity index (χ0v) is 13.2. The van der Waals surface area contributed by atoms with Crippen LogP contribution in [0, 0.1) is 5.92 Å². The number of piperidine rings is 1. The van der Waals surface area contributed by atoms with Crippen molar-refractivity contribution in [3.63, 3.8) is 0 Å². The first-order valence-corrected chi connectivity index (χ1v) is 7.42. The highest BCUT2D eigenvalue weighted by Gasteiger charge is 2.16. The molecule has 5 nitrogen and oxygen atoms in total. The summed E-state index contributed by atoms with van der Waals surface area (Å²) in [5, 5.41) is 10.5. The molecule has 2 aromatic rings. The second kappa shape index (κ2) is 7.96. The number of amides is 1. The molecule has 1 amide bonds. The van der Waals surface area contributed by atoms with E-state index in [-0.39, 0.29) is 18.3 Å². The Hall–Kier alpha value is -1.85. The lowest BCUT2D eigenvalue weighted by Gasteiger charge is -2.21. The Bertz CT molecular complexity index is 594. The Kier molecular flexibility index (Phi) is 5.98. The second-order valence-electron chi connectivity index (χ2n) is 5.45. The molecule has 3 rings (SSSR count). The van der Waals surface area contributed by atoms with E-state index in [0.717, 1.165) is 37.3 Å². The maximum atomic E-state index is 12.1. The van der Waals surface area contributed by atoms with Crippen molar-refractivity contribution in [2.75, 3.05) is 18.4 Å². The van der Waals surface area contributed by atoms with Crippen LogP contribution >= 0.6 is 12.4 Å². The van der Waals surface area contributed by atoms with Crippen LogP contribution in [0.1, 0.15) is 19.3 Å². The zero-order valence-electron chi connectivity index (χ0n) is 12.4. The lowest BCUT2D eigenvalue weighted by molar-refractivity contribution is -0.117. The summed E-state index contributed by atoms with van der Waals surface area (Å²) in [5.41, 5.74) is 1.77. The number of nitrogens with zero attached hydrogens (tertiary/aromatic N) is 2. The highest BCUT2D eigenvalue weighted by molar-refractivity contribution is 5.91. The first-order chi connectivity index (χ1) is 10.3. The highest BCUT2D eigenvalue weighted by atomic mass is 35.5. The molecular weight excluding hydrogens is 300 g/mol. The molecule has 0 bridgehead atoms. The van der Waals surface area contributed by atoms with Gasteiger partial charge in [-0.1, -0.05) is 6.07 Å². The van der Waals surface area contributed by atoms with E-state index >= 15 is 0 Å². The molecule has 2 heterocycles. The fraction of sp³-hybridized carbons (Fsp3) is 0.375. The predicted octanol–water partition coefficient (Wildman–Crippen LogP) is 2.62. The van der Waals surface area contributed by atoms with Crippen LogP contribution in [-0.2, 0) is 4.79 Å². The topological polar surface area (TPSA) is 59.0 Å². The van der Waals surface area contributed by atoms with Gasteiger partial charge in [-0.25, -0.2) is 4.68 Å². The molecule has 1 saturated heterocycles. The number of hydrogen-bond acceptors (Lipinski definition) is 3. The largest absolute Gasteiger partial charge is 0.326 e. The van der Waals surface area contributed by atoms with Gasteiger partial charge < -0.3 is 10.6 Å². The summed E-state index contributed by atoms with van der Waals surface area (Å²) in [5.74, 6) is 0.597. The molecule has 1 aromatic carbocycles. The maximum Gasteiger partial charge on any atom is 0.224 e. The van der Waals surface area contributed by atoms with Gasteiger partial charge in [0.15, 0.2) is 0 Å².